The summed E-state index contributed by atoms with van der Waals surface area (Å²) < 4.78 is 26.8. The van der Waals surface area contributed by atoms with Crippen LogP contribution in [0.15, 0.2) is 42.7 Å². The quantitative estimate of drug-likeness (QED) is 0.580. The zero-order chi connectivity index (χ0) is 26.8. The Kier molecular flexibility index (Phi) is 10.3. The van der Waals surface area contributed by atoms with Crippen LogP contribution in [0.25, 0.3) is 0 Å². The van der Waals surface area contributed by atoms with Gasteiger partial charge in [0.15, 0.2) is 0 Å². The Morgan fingerprint density at radius 3 is 2.34 bits per heavy atom. The van der Waals surface area contributed by atoms with Crippen LogP contribution in [0.4, 0.5) is 5.69 Å². The number of anilines is 1. The first-order chi connectivity index (χ1) is 18.5. The molecule has 3 heterocycles. The van der Waals surface area contributed by atoms with E-state index in [0.29, 0.717) is 37.3 Å². The topological polar surface area (TPSA) is 112 Å². The van der Waals surface area contributed by atoms with Crippen LogP contribution in [0.2, 0.25) is 0 Å². The van der Waals surface area contributed by atoms with Gasteiger partial charge in [-0.2, -0.15) is 0 Å². The number of hydrogen-bond donors (Lipinski definition) is 2. The molecule has 0 spiro atoms. The molecule has 2 N–H and O–H groups in total. The third kappa shape index (κ3) is 7.61. The molecule has 0 atom stereocenters. The van der Waals surface area contributed by atoms with E-state index < -0.39 is 10.0 Å². The van der Waals surface area contributed by atoms with Gasteiger partial charge in [-0.15, -0.1) is 0 Å². The Hall–Kier alpha value is -2.82. The van der Waals surface area contributed by atoms with Crippen molar-refractivity contribution < 1.29 is 18.0 Å². The predicted molar refractivity (Wildman–Crippen MR) is 149 cm³/mol. The average Bonchev–Trinajstić information content (AvgIpc) is 2.94. The van der Waals surface area contributed by atoms with Crippen molar-refractivity contribution in [2.75, 3.05) is 43.4 Å². The number of fused-ring (bicyclic) bond motifs is 1. The number of carbonyl (C=O) groups is 2. The molecule has 1 aromatic carbocycles. The van der Waals surface area contributed by atoms with Crippen LogP contribution < -0.4 is 15.5 Å². The van der Waals surface area contributed by atoms with Gasteiger partial charge in [0.05, 0.1) is 5.75 Å². The van der Waals surface area contributed by atoms with Crippen molar-refractivity contribution in [3.63, 3.8) is 0 Å². The maximum atomic E-state index is 13.5. The van der Waals surface area contributed by atoms with E-state index in [1.165, 1.54) is 4.31 Å². The van der Waals surface area contributed by atoms with E-state index >= 15 is 0 Å². The molecule has 10 heteroatoms. The Bertz CT molecular complexity index is 1180. The van der Waals surface area contributed by atoms with Crippen molar-refractivity contribution in [3.05, 3.63) is 59.4 Å². The molecule has 38 heavy (non-hydrogen) atoms. The molecule has 0 aliphatic carbocycles. The van der Waals surface area contributed by atoms with Crippen molar-refractivity contribution in [1.82, 2.24) is 19.9 Å². The van der Waals surface area contributed by atoms with E-state index in [0.717, 1.165) is 69.2 Å². The summed E-state index contributed by atoms with van der Waals surface area (Å²) in [6.07, 6.45) is 11.4. The van der Waals surface area contributed by atoms with E-state index in [2.05, 4.69) is 15.6 Å². The first kappa shape index (κ1) is 28.2. The van der Waals surface area contributed by atoms with Crippen LogP contribution in [-0.2, 0) is 16.6 Å². The average molecular weight is 542 g/mol. The molecular weight excluding hydrogens is 502 g/mol. The lowest BCUT2D eigenvalue weighted by atomic mass is 10.0. The number of nitrogens with zero attached hydrogens (tertiary/aromatic N) is 3. The molecule has 0 saturated carbocycles. The van der Waals surface area contributed by atoms with E-state index in [1.807, 2.05) is 12.1 Å². The van der Waals surface area contributed by atoms with Crippen molar-refractivity contribution >= 4 is 27.5 Å². The molecule has 9 nitrogen and oxygen atoms in total. The highest BCUT2D eigenvalue weighted by Crippen LogP contribution is 2.26. The van der Waals surface area contributed by atoms with Crippen LogP contribution >= 0.6 is 0 Å². The lowest BCUT2D eigenvalue weighted by molar-refractivity contribution is 0.0954. The van der Waals surface area contributed by atoms with E-state index in [1.54, 1.807) is 35.5 Å². The number of carbonyl (C=O) groups excluding carboxylic acids is 2. The highest BCUT2D eigenvalue weighted by atomic mass is 32.2. The second-order valence-electron chi connectivity index (χ2n) is 10.0. The molecule has 206 valence electrons. The van der Waals surface area contributed by atoms with Gasteiger partial charge in [-0.1, -0.05) is 25.7 Å². The molecule has 4 rings (SSSR count). The fourth-order valence-electron chi connectivity index (χ4n) is 5.05. The standard InChI is InChI=1S/C28H39N5O4S/c34-27(31-16-20-38(36,37)32-17-6-4-7-18-32)24-9-10-26-25(21-24)22-30-13-5-2-1-3-8-19-33(26)28(35)23-11-14-29-15-12-23/h9-12,14-15,21,30H,1-8,13,16-20,22H2,(H,31,34). The fraction of sp³-hybridized carbons (Fsp3) is 0.536. The highest BCUT2D eigenvalue weighted by Gasteiger charge is 2.24. The van der Waals surface area contributed by atoms with Gasteiger partial charge in [0, 0.05) is 61.9 Å². The zero-order valence-corrected chi connectivity index (χ0v) is 22.8. The normalized spacial score (nSPS) is 18.1. The Labute approximate surface area is 226 Å². The minimum Gasteiger partial charge on any atom is -0.351 e. The number of rotatable bonds is 6. The molecule has 0 bridgehead atoms. The second-order valence-corrected chi connectivity index (χ2v) is 12.1. The van der Waals surface area contributed by atoms with Gasteiger partial charge < -0.3 is 15.5 Å². The smallest absolute Gasteiger partial charge is 0.258 e. The van der Waals surface area contributed by atoms with Crippen molar-refractivity contribution in [2.45, 2.75) is 57.9 Å². The molecule has 2 amide bonds. The van der Waals surface area contributed by atoms with Crippen molar-refractivity contribution in [2.24, 2.45) is 0 Å². The first-order valence-electron chi connectivity index (χ1n) is 13.8. The van der Waals surface area contributed by atoms with Gasteiger partial charge in [-0.3, -0.25) is 14.6 Å². The van der Waals surface area contributed by atoms with Crippen molar-refractivity contribution in [3.8, 4) is 0 Å². The summed E-state index contributed by atoms with van der Waals surface area (Å²) in [4.78, 5) is 32.3. The number of sulfonamides is 1. The third-order valence-electron chi connectivity index (χ3n) is 7.21. The number of pyridine rings is 1. The molecule has 0 radical (unpaired) electrons. The number of piperidine rings is 1. The minimum absolute atomic E-state index is 0.0552. The Morgan fingerprint density at radius 1 is 0.868 bits per heavy atom. The van der Waals surface area contributed by atoms with Gasteiger partial charge >= 0.3 is 0 Å². The highest BCUT2D eigenvalue weighted by molar-refractivity contribution is 7.89. The first-order valence-corrected chi connectivity index (χ1v) is 15.4. The number of amides is 2. The van der Waals surface area contributed by atoms with Gasteiger partial charge in [0.1, 0.15) is 0 Å². The second kappa shape index (κ2) is 13.8. The van der Waals surface area contributed by atoms with Crippen LogP contribution in [-0.4, -0.2) is 68.0 Å². The van der Waals surface area contributed by atoms with Crippen LogP contribution in [0, 0.1) is 0 Å². The molecule has 2 aromatic rings. The number of aromatic nitrogens is 1. The van der Waals surface area contributed by atoms with Gasteiger partial charge in [-0.25, -0.2) is 12.7 Å². The molecule has 1 aromatic heterocycles. The van der Waals surface area contributed by atoms with Gasteiger partial charge in [0.25, 0.3) is 11.8 Å². The molecule has 1 fully saturated rings. The lowest BCUT2D eigenvalue weighted by Gasteiger charge is -2.27. The summed E-state index contributed by atoms with van der Waals surface area (Å²) in [5.41, 5.74) is 2.66. The molecule has 1 saturated heterocycles. The van der Waals surface area contributed by atoms with Crippen LogP contribution in [0.3, 0.4) is 0 Å². The summed E-state index contributed by atoms with van der Waals surface area (Å²) in [6.45, 7) is 3.15. The Morgan fingerprint density at radius 2 is 1.55 bits per heavy atom. The Balaban J connectivity index is 1.50. The lowest BCUT2D eigenvalue weighted by Crippen LogP contribution is -2.40. The van der Waals surface area contributed by atoms with Gasteiger partial charge in [0.2, 0.25) is 10.0 Å². The van der Waals surface area contributed by atoms with E-state index in [9.17, 15) is 18.0 Å². The predicted octanol–water partition coefficient (Wildman–Crippen LogP) is 3.33. The maximum Gasteiger partial charge on any atom is 0.258 e. The molecule has 2 aliphatic heterocycles. The number of benzene rings is 1. The summed E-state index contributed by atoms with van der Waals surface area (Å²) >= 11 is 0. The van der Waals surface area contributed by atoms with E-state index in [-0.39, 0.29) is 24.1 Å². The third-order valence-corrected chi connectivity index (χ3v) is 9.08. The van der Waals surface area contributed by atoms with Crippen LogP contribution in [0.5, 0.6) is 0 Å². The van der Waals surface area contributed by atoms with Gasteiger partial charge in [-0.05, 0) is 68.1 Å². The van der Waals surface area contributed by atoms with Crippen LogP contribution in [0.1, 0.15) is 77.6 Å². The summed E-state index contributed by atoms with van der Waals surface area (Å²) in [6, 6.07) is 8.80. The minimum atomic E-state index is -3.38. The van der Waals surface area contributed by atoms with Crippen molar-refractivity contribution in [1.29, 1.82) is 0 Å². The molecular formula is C28H39N5O4S. The monoisotopic (exact) mass is 541 g/mol. The summed E-state index contributed by atoms with van der Waals surface area (Å²) in [5.74, 6) is -0.523. The molecule has 2 aliphatic rings. The summed E-state index contributed by atoms with van der Waals surface area (Å²) in [7, 11) is -3.38. The summed E-state index contributed by atoms with van der Waals surface area (Å²) in [5, 5.41) is 6.24. The maximum absolute atomic E-state index is 13.5. The van der Waals surface area contributed by atoms with E-state index in [4.69, 9.17) is 0 Å². The molecule has 0 unspecified atom stereocenters. The number of hydrogen-bond acceptors (Lipinski definition) is 6. The largest absolute Gasteiger partial charge is 0.351 e. The SMILES string of the molecule is O=C(NCCS(=O)(=O)N1CCCCC1)c1ccc2c(c1)CNCCCCCCCN2C(=O)c1ccncc1. The number of nitrogens with one attached hydrogen (secondary N) is 2. The fourth-order valence-corrected chi connectivity index (χ4v) is 6.49. The zero-order valence-electron chi connectivity index (χ0n) is 22.0.